The fourth-order valence-electron chi connectivity index (χ4n) is 2.69. The number of carboxylic acid groups (broad SMARTS) is 1. The monoisotopic (exact) mass is 318 g/mol. The summed E-state index contributed by atoms with van der Waals surface area (Å²) in [5, 5.41) is 11.5. The number of nitrogens with zero attached hydrogens (tertiary/aromatic N) is 1. The molecule has 0 bridgehead atoms. The summed E-state index contributed by atoms with van der Waals surface area (Å²) in [5.74, 6) is -1.56. The van der Waals surface area contributed by atoms with E-state index >= 15 is 0 Å². The molecule has 1 aromatic carbocycles. The molecular weight excluding hydrogens is 296 g/mol. The fourth-order valence-corrected chi connectivity index (χ4v) is 2.69. The number of nitrogens with one attached hydrogen (secondary N) is 1. The number of likely N-dealkylation sites (tertiary alicyclic amines) is 1. The van der Waals surface area contributed by atoms with E-state index in [2.05, 4.69) is 5.32 Å². The lowest BCUT2D eigenvalue weighted by Crippen LogP contribution is -2.35. The van der Waals surface area contributed by atoms with Crippen molar-refractivity contribution in [1.82, 2.24) is 10.2 Å². The molecule has 1 heterocycles. The summed E-state index contributed by atoms with van der Waals surface area (Å²) in [4.78, 5) is 36.5. The van der Waals surface area contributed by atoms with Crippen molar-refractivity contribution in [3.05, 3.63) is 35.9 Å². The Balaban J connectivity index is 1.82. The van der Waals surface area contributed by atoms with Gasteiger partial charge >= 0.3 is 5.97 Å². The minimum Gasteiger partial charge on any atom is -0.481 e. The molecule has 23 heavy (non-hydrogen) atoms. The average molecular weight is 318 g/mol. The van der Waals surface area contributed by atoms with Gasteiger partial charge in [-0.15, -0.1) is 0 Å². The largest absolute Gasteiger partial charge is 0.481 e. The second-order valence-corrected chi connectivity index (χ2v) is 6.11. The Bertz CT molecular complexity index is 573. The lowest BCUT2D eigenvalue weighted by Gasteiger charge is -2.17. The highest BCUT2D eigenvalue weighted by Crippen LogP contribution is 2.20. The van der Waals surface area contributed by atoms with E-state index in [9.17, 15) is 14.4 Å². The van der Waals surface area contributed by atoms with Crippen LogP contribution in [-0.4, -0.2) is 40.9 Å². The molecule has 6 nitrogen and oxygen atoms in total. The highest BCUT2D eigenvalue weighted by Gasteiger charge is 2.34. The standard InChI is InChI=1S/C17H22N2O4/c1-12(7-16(21)22)9-18-17(23)14-8-15(20)19(11-14)10-13-5-3-2-4-6-13/h2-6,12,14H,7-11H2,1H3,(H,18,23)(H,21,22). The molecule has 0 spiro atoms. The second kappa shape index (κ2) is 7.76. The van der Waals surface area contributed by atoms with E-state index < -0.39 is 5.97 Å². The van der Waals surface area contributed by atoms with Gasteiger partial charge in [0.25, 0.3) is 0 Å². The number of hydrogen-bond acceptors (Lipinski definition) is 3. The summed E-state index contributed by atoms with van der Waals surface area (Å²) in [5.41, 5.74) is 1.04. The molecule has 2 N–H and O–H groups in total. The summed E-state index contributed by atoms with van der Waals surface area (Å²) < 4.78 is 0. The predicted molar refractivity (Wildman–Crippen MR) is 84.4 cm³/mol. The van der Waals surface area contributed by atoms with E-state index in [0.29, 0.717) is 19.6 Å². The minimum atomic E-state index is -0.878. The van der Waals surface area contributed by atoms with Gasteiger partial charge in [0.1, 0.15) is 0 Å². The van der Waals surface area contributed by atoms with Crippen molar-refractivity contribution in [2.75, 3.05) is 13.1 Å². The molecule has 1 aromatic rings. The van der Waals surface area contributed by atoms with Gasteiger partial charge in [-0.1, -0.05) is 37.3 Å². The van der Waals surface area contributed by atoms with Crippen LogP contribution >= 0.6 is 0 Å². The fraction of sp³-hybridized carbons (Fsp3) is 0.471. The molecule has 1 fully saturated rings. The third kappa shape index (κ3) is 5.09. The van der Waals surface area contributed by atoms with Crippen molar-refractivity contribution in [2.45, 2.75) is 26.3 Å². The van der Waals surface area contributed by atoms with E-state index in [0.717, 1.165) is 5.56 Å². The lowest BCUT2D eigenvalue weighted by molar-refractivity contribution is -0.138. The minimum absolute atomic E-state index is 0.0179. The van der Waals surface area contributed by atoms with E-state index in [1.54, 1.807) is 11.8 Å². The smallest absolute Gasteiger partial charge is 0.303 e. The van der Waals surface area contributed by atoms with Crippen LogP contribution in [0.2, 0.25) is 0 Å². The van der Waals surface area contributed by atoms with Crippen molar-refractivity contribution < 1.29 is 19.5 Å². The van der Waals surface area contributed by atoms with Gasteiger partial charge in [0.05, 0.1) is 5.92 Å². The number of benzene rings is 1. The van der Waals surface area contributed by atoms with Gasteiger partial charge in [0.2, 0.25) is 11.8 Å². The van der Waals surface area contributed by atoms with Gasteiger partial charge in [0, 0.05) is 32.5 Å². The third-order valence-electron chi connectivity index (χ3n) is 3.95. The molecule has 2 unspecified atom stereocenters. The normalized spacial score (nSPS) is 18.7. The van der Waals surface area contributed by atoms with Crippen LogP contribution < -0.4 is 5.32 Å². The Morgan fingerprint density at radius 1 is 1.35 bits per heavy atom. The van der Waals surface area contributed by atoms with E-state index in [-0.39, 0.29) is 36.5 Å². The van der Waals surface area contributed by atoms with Crippen LogP contribution in [0, 0.1) is 11.8 Å². The molecule has 124 valence electrons. The van der Waals surface area contributed by atoms with Gasteiger partial charge in [-0.25, -0.2) is 0 Å². The van der Waals surface area contributed by atoms with Crippen LogP contribution in [0.5, 0.6) is 0 Å². The molecule has 0 aromatic heterocycles. The zero-order chi connectivity index (χ0) is 16.8. The number of carboxylic acids is 1. The van der Waals surface area contributed by atoms with E-state index in [1.807, 2.05) is 30.3 Å². The SMILES string of the molecule is CC(CNC(=O)C1CC(=O)N(Cc2ccccc2)C1)CC(=O)O. The Hall–Kier alpha value is -2.37. The first-order valence-corrected chi connectivity index (χ1v) is 7.77. The maximum atomic E-state index is 12.1. The van der Waals surface area contributed by atoms with Gasteiger partial charge in [-0.2, -0.15) is 0 Å². The van der Waals surface area contributed by atoms with Gasteiger partial charge < -0.3 is 15.3 Å². The topological polar surface area (TPSA) is 86.7 Å². The Labute approximate surface area is 135 Å². The Morgan fingerprint density at radius 3 is 2.70 bits per heavy atom. The summed E-state index contributed by atoms with van der Waals surface area (Å²) in [6.07, 6.45) is 0.232. The molecule has 0 radical (unpaired) electrons. The maximum absolute atomic E-state index is 12.1. The van der Waals surface area contributed by atoms with Crippen molar-refractivity contribution in [2.24, 2.45) is 11.8 Å². The highest BCUT2D eigenvalue weighted by molar-refractivity contribution is 5.89. The zero-order valence-corrected chi connectivity index (χ0v) is 13.2. The molecular formula is C17H22N2O4. The first-order valence-electron chi connectivity index (χ1n) is 7.77. The lowest BCUT2D eigenvalue weighted by atomic mass is 10.1. The Kier molecular flexibility index (Phi) is 5.73. The van der Waals surface area contributed by atoms with Crippen molar-refractivity contribution >= 4 is 17.8 Å². The zero-order valence-electron chi connectivity index (χ0n) is 13.2. The molecule has 1 aliphatic rings. The van der Waals surface area contributed by atoms with Crippen LogP contribution in [0.3, 0.4) is 0 Å². The van der Waals surface area contributed by atoms with Crippen LogP contribution in [0.1, 0.15) is 25.3 Å². The van der Waals surface area contributed by atoms with Crippen molar-refractivity contribution in [3.63, 3.8) is 0 Å². The second-order valence-electron chi connectivity index (χ2n) is 6.11. The first-order chi connectivity index (χ1) is 11.0. The predicted octanol–water partition coefficient (Wildman–Crippen LogP) is 1.26. The molecule has 2 rings (SSSR count). The first kappa shape index (κ1) is 17.0. The highest BCUT2D eigenvalue weighted by atomic mass is 16.4. The van der Waals surface area contributed by atoms with Crippen LogP contribution in [-0.2, 0) is 20.9 Å². The summed E-state index contributed by atoms with van der Waals surface area (Å²) in [6.45, 7) is 3.01. The maximum Gasteiger partial charge on any atom is 0.303 e. The average Bonchev–Trinajstić information content (AvgIpc) is 2.86. The van der Waals surface area contributed by atoms with Crippen molar-refractivity contribution in [3.8, 4) is 0 Å². The molecule has 1 saturated heterocycles. The van der Waals surface area contributed by atoms with E-state index in [1.165, 1.54) is 0 Å². The number of hydrogen-bond donors (Lipinski definition) is 2. The molecule has 1 aliphatic heterocycles. The van der Waals surface area contributed by atoms with Gasteiger partial charge in [-0.3, -0.25) is 14.4 Å². The molecule has 6 heteroatoms. The van der Waals surface area contributed by atoms with Gasteiger partial charge in [-0.05, 0) is 11.5 Å². The summed E-state index contributed by atoms with van der Waals surface area (Å²) >= 11 is 0. The molecule has 0 saturated carbocycles. The van der Waals surface area contributed by atoms with E-state index in [4.69, 9.17) is 5.11 Å². The number of amides is 2. The molecule has 0 aliphatic carbocycles. The third-order valence-corrected chi connectivity index (χ3v) is 3.95. The van der Waals surface area contributed by atoms with Gasteiger partial charge in [0.15, 0.2) is 0 Å². The molecule has 2 atom stereocenters. The van der Waals surface area contributed by atoms with Crippen LogP contribution in [0.4, 0.5) is 0 Å². The number of aliphatic carboxylic acids is 1. The van der Waals surface area contributed by atoms with Crippen molar-refractivity contribution in [1.29, 1.82) is 0 Å². The molecule has 2 amide bonds. The summed E-state index contributed by atoms with van der Waals surface area (Å²) in [6, 6.07) is 9.67. The summed E-state index contributed by atoms with van der Waals surface area (Å²) in [7, 11) is 0. The van der Waals surface area contributed by atoms with Crippen LogP contribution in [0.25, 0.3) is 0 Å². The Morgan fingerprint density at radius 2 is 2.04 bits per heavy atom. The quantitative estimate of drug-likeness (QED) is 0.792. The number of rotatable bonds is 7. The number of carbonyl (C=O) groups is 3. The van der Waals surface area contributed by atoms with Crippen LogP contribution in [0.15, 0.2) is 30.3 Å². The number of carbonyl (C=O) groups excluding carboxylic acids is 2.